The van der Waals surface area contributed by atoms with E-state index in [9.17, 15) is 19.5 Å². The van der Waals surface area contributed by atoms with Crippen LogP contribution in [0.3, 0.4) is 0 Å². The highest BCUT2D eigenvalue weighted by molar-refractivity contribution is 5.87. The van der Waals surface area contributed by atoms with Crippen molar-refractivity contribution in [2.45, 2.75) is 25.3 Å². The minimum absolute atomic E-state index is 0.268. The first-order chi connectivity index (χ1) is 7.86. The van der Waals surface area contributed by atoms with Crippen molar-refractivity contribution in [2.24, 2.45) is 0 Å². The summed E-state index contributed by atoms with van der Waals surface area (Å²) in [6, 6.07) is -1.87. The number of fused-ring (bicyclic) bond motifs is 1. The number of urea groups is 2. The highest BCUT2D eigenvalue weighted by Gasteiger charge is 2.53. The fraction of sp³-hybridized carbons (Fsp3) is 0.667. The Labute approximate surface area is 97.8 Å². The summed E-state index contributed by atoms with van der Waals surface area (Å²) in [5, 5.41) is 13.4. The molecule has 8 nitrogen and oxygen atoms in total. The van der Waals surface area contributed by atoms with Crippen LogP contribution in [0, 0.1) is 0 Å². The number of carbonyl (C=O) groups is 3. The Hall–Kier alpha value is -1.99. The summed E-state index contributed by atoms with van der Waals surface area (Å²) in [5.41, 5.74) is 0. The van der Waals surface area contributed by atoms with Gasteiger partial charge in [-0.3, -0.25) is 4.90 Å². The number of amides is 4. The number of nitrogens with zero attached hydrogens (tertiary/aromatic N) is 3. The van der Waals surface area contributed by atoms with Crippen LogP contribution in [0.25, 0.3) is 0 Å². The molecule has 0 unspecified atom stereocenters. The second-order valence-electron chi connectivity index (χ2n) is 4.21. The maximum absolute atomic E-state index is 11.7. The summed E-state index contributed by atoms with van der Waals surface area (Å²) >= 11 is 0. The molecule has 0 radical (unpaired) electrons. The first-order valence-electron chi connectivity index (χ1n) is 5.15. The minimum Gasteiger partial charge on any atom is -0.548 e. The highest BCUT2D eigenvalue weighted by Crippen LogP contribution is 2.27. The Bertz CT molecular complexity index is 398. The number of aliphatic carboxylic acids is 1. The van der Waals surface area contributed by atoms with Gasteiger partial charge in [0, 0.05) is 14.1 Å². The van der Waals surface area contributed by atoms with E-state index in [1.807, 2.05) is 0 Å². The van der Waals surface area contributed by atoms with E-state index in [2.05, 4.69) is 5.32 Å². The number of hydrogen-bond acceptors (Lipinski definition) is 4. The summed E-state index contributed by atoms with van der Waals surface area (Å²) in [4.78, 5) is 38.0. The van der Waals surface area contributed by atoms with Crippen LogP contribution in [0.2, 0.25) is 0 Å². The first kappa shape index (κ1) is 11.5. The van der Waals surface area contributed by atoms with Crippen LogP contribution in [0.5, 0.6) is 0 Å². The van der Waals surface area contributed by atoms with Gasteiger partial charge in [0.15, 0.2) is 0 Å². The van der Waals surface area contributed by atoms with Crippen LogP contribution in [-0.2, 0) is 4.79 Å². The fourth-order valence-corrected chi connectivity index (χ4v) is 2.24. The van der Waals surface area contributed by atoms with Crippen molar-refractivity contribution >= 4 is 18.0 Å². The lowest BCUT2D eigenvalue weighted by Gasteiger charge is -2.32. The number of nitrogens with one attached hydrogen (secondary N) is 1. The SMILES string of the molecule is C[C@@H](C(=O)[O-])N1C(=O)N[C@H]2[C@H]1N(C)C(=O)N2C. The molecule has 94 valence electrons. The largest absolute Gasteiger partial charge is 0.548 e. The molecule has 0 bridgehead atoms. The van der Waals surface area contributed by atoms with Gasteiger partial charge in [-0.1, -0.05) is 0 Å². The van der Waals surface area contributed by atoms with Crippen LogP contribution < -0.4 is 10.4 Å². The van der Waals surface area contributed by atoms with Crippen LogP contribution in [0.1, 0.15) is 6.92 Å². The van der Waals surface area contributed by atoms with Crippen molar-refractivity contribution in [3.05, 3.63) is 0 Å². The molecule has 2 heterocycles. The van der Waals surface area contributed by atoms with Gasteiger partial charge in [-0.25, -0.2) is 9.59 Å². The minimum atomic E-state index is -1.35. The normalized spacial score (nSPS) is 29.5. The molecule has 8 heteroatoms. The Kier molecular flexibility index (Phi) is 2.37. The quantitative estimate of drug-likeness (QED) is 0.593. The number of hydrogen-bond donors (Lipinski definition) is 1. The van der Waals surface area contributed by atoms with E-state index in [1.165, 1.54) is 23.8 Å². The number of carbonyl (C=O) groups excluding carboxylic acids is 3. The Morgan fingerprint density at radius 3 is 2.47 bits per heavy atom. The third-order valence-electron chi connectivity index (χ3n) is 3.25. The number of likely N-dealkylation sites (N-methyl/N-ethyl adjacent to an activating group) is 2. The topological polar surface area (TPSA) is 96.0 Å². The van der Waals surface area contributed by atoms with Gasteiger partial charge in [-0.05, 0) is 6.92 Å². The van der Waals surface area contributed by atoms with Crippen LogP contribution in [0.4, 0.5) is 9.59 Å². The van der Waals surface area contributed by atoms with E-state index in [0.717, 1.165) is 4.90 Å². The van der Waals surface area contributed by atoms with Crippen molar-refractivity contribution in [1.29, 1.82) is 0 Å². The van der Waals surface area contributed by atoms with Gasteiger partial charge >= 0.3 is 12.1 Å². The second kappa shape index (κ2) is 3.51. The molecule has 2 rings (SSSR count). The molecule has 2 fully saturated rings. The average Bonchev–Trinajstić information content (AvgIpc) is 2.70. The van der Waals surface area contributed by atoms with Crippen LogP contribution in [0.15, 0.2) is 0 Å². The highest BCUT2D eigenvalue weighted by atomic mass is 16.4. The molecule has 17 heavy (non-hydrogen) atoms. The van der Waals surface area contributed by atoms with E-state index in [1.54, 1.807) is 7.05 Å². The number of carboxylic acids is 1. The number of rotatable bonds is 2. The van der Waals surface area contributed by atoms with E-state index in [0.29, 0.717) is 0 Å². The van der Waals surface area contributed by atoms with Gasteiger partial charge in [0.2, 0.25) is 0 Å². The van der Waals surface area contributed by atoms with Gasteiger partial charge in [-0.2, -0.15) is 0 Å². The Balaban J connectivity index is 2.33. The standard InChI is InChI=1S/C9H14N4O4/c1-4(7(14)15)13-6-5(10-8(13)16)11(2)9(17)12(6)3/h4-6H,1-3H3,(H,10,16)(H,14,15)/p-1/t4-,5+,6-/m0/s1. The predicted octanol–water partition coefficient (Wildman–Crippen LogP) is -2.20. The molecule has 0 aromatic rings. The Morgan fingerprint density at radius 1 is 1.35 bits per heavy atom. The molecular formula is C9H13N4O4-. The predicted molar refractivity (Wildman–Crippen MR) is 53.3 cm³/mol. The molecule has 1 N–H and O–H groups in total. The van der Waals surface area contributed by atoms with Gasteiger partial charge in [0.05, 0.1) is 12.0 Å². The summed E-state index contributed by atoms with van der Waals surface area (Å²) in [7, 11) is 3.08. The zero-order chi connectivity index (χ0) is 12.9. The zero-order valence-electron chi connectivity index (χ0n) is 9.71. The lowest BCUT2D eigenvalue weighted by Crippen LogP contribution is -2.54. The molecular weight excluding hydrogens is 228 g/mol. The van der Waals surface area contributed by atoms with Crippen LogP contribution >= 0.6 is 0 Å². The number of carboxylic acid groups (broad SMARTS) is 1. The molecule has 0 spiro atoms. The smallest absolute Gasteiger partial charge is 0.323 e. The third kappa shape index (κ3) is 1.40. The molecule has 2 aliphatic rings. The van der Waals surface area contributed by atoms with E-state index >= 15 is 0 Å². The summed E-state index contributed by atoms with van der Waals surface area (Å²) < 4.78 is 0. The molecule has 2 aliphatic heterocycles. The summed E-state index contributed by atoms with van der Waals surface area (Å²) in [6.07, 6.45) is -1.14. The lowest BCUT2D eigenvalue weighted by atomic mass is 10.2. The molecule has 0 aromatic heterocycles. The van der Waals surface area contributed by atoms with Crippen molar-refractivity contribution < 1.29 is 19.5 Å². The zero-order valence-corrected chi connectivity index (χ0v) is 9.71. The van der Waals surface area contributed by atoms with Crippen molar-refractivity contribution in [1.82, 2.24) is 20.0 Å². The van der Waals surface area contributed by atoms with Gasteiger partial charge < -0.3 is 25.0 Å². The molecule has 0 aliphatic carbocycles. The summed E-state index contributed by atoms with van der Waals surface area (Å²) in [6.45, 7) is 1.36. The molecule has 2 saturated heterocycles. The molecule has 0 aromatic carbocycles. The molecule has 3 atom stereocenters. The van der Waals surface area contributed by atoms with E-state index in [-0.39, 0.29) is 6.03 Å². The van der Waals surface area contributed by atoms with E-state index in [4.69, 9.17) is 0 Å². The first-order valence-corrected chi connectivity index (χ1v) is 5.15. The van der Waals surface area contributed by atoms with Gasteiger partial charge in [0.1, 0.15) is 12.3 Å². The summed E-state index contributed by atoms with van der Waals surface area (Å²) in [5.74, 6) is -1.35. The van der Waals surface area contributed by atoms with Crippen molar-refractivity contribution in [2.75, 3.05) is 14.1 Å². The Morgan fingerprint density at radius 2 is 1.94 bits per heavy atom. The van der Waals surface area contributed by atoms with Gasteiger partial charge in [-0.15, -0.1) is 0 Å². The third-order valence-corrected chi connectivity index (χ3v) is 3.25. The van der Waals surface area contributed by atoms with Crippen molar-refractivity contribution in [3.63, 3.8) is 0 Å². The molecule has 4 amide bonds. The van der Waals surface area contributed by atoms with Crippen LogP contribution in [-0.4, -0.2) is 65.2 Å². The monoisotopic (exact) mass is 241 g/mol. The van der Waals surface area contributed by atoms with Gasteiger partial charge in [0.25, 0.3) is 0 Å². The molecule has 0 saturated carbocycles. The van der Waals surface area contributed by atoms with E-state index < -0.39 is 30.4 Å². The lowest BCUT2D eigenvalue weighted by molar-refractivity contribution is -0.310. The second-order valence-corrected chi connectivity index (χ2v) is 4.21. The maximum atomic E-state index is 11.7. The maximum Gasteiger partial charge on any atom is 0.323 e. The fourth-order valence-electron chi connectivity index (χ4n) is 2.24. The van der Waals surface area contributed by atoms with Crippen molar-refractivity contribution in [3.8, 4) is 0 Å². The average molecular weight is 241 g/mol.